The summed E-state index contributed by atoms with van der Waals surface area (Å²) < 4.78 is 15.4. The molecule has 2 aromatic carbocycles. The fraction of sp³-hybridized carbons (Fsp3) is 0.263. The maximum atomic E-state index is 12.0. The van der Waals surface area contributed by atoms with Crippen LogP contribution in [0.5, 0.6) is 11.5 Å². The van der Waals surface area contributed by atoms with Gasteiger partial charge in [0.05, 0.1) is 13.7 Å². The molecule has 0 radical (unpaired) electrons. The van der Waals surface area contributed by atoms with Gasteiger partial charge < -0.3 is 24.8 Å². The molecular weight excluding hydrogens is 336 g/mol. The Morgan fingerprint density at radius 1 is 1.00 bits per heavy atom. The molecule has 0 spiro atoms. The summed E-state index contributed by atoms with van der Waals surface area (Å²) >= 11 is 0. The fourth-order valence-corrected chi connectivity index (χ4v) is 2.12. The molecule has 0 aliphatic heterocycles. The maximum absolute atomic E-state index is 12.0. The van der Waals surface area contributed by atoms with Gasteiger partial charge in [-0.3, -0.25) is 9.59 Å². The molecule has 7 nitrogen and oxygen atoms in total. The summed E-state index contributed by atoms with van der Waals surface area (Å²) in [5, 5.41) is 5.43. The van der Waals surface area contributed by atoms with Gasteiger partial charge >= 0.3 is 0 Å². The van der Waals surface area contributed by atoms with E-state index in [1.54, 1.807) is 62.8 Å². The topological polar surface area (TPSA) is 85.9 Å². The average molecular weight is 358 g/mol. The smallest absolute Gasteiger partial charge is 0.262 e. The van der Waals surface area contributed by atoms with Crippen LogP contribution in [0, 0.1) is 0 Å². The second-order valence-corrected chi connectivity index (χ2v) is 5.34. The molecule has 2 N–H and O–H groups in total. The zero-order chi connectivity index (χ0) is 18.8. The molecule has 0 atom stereocenters. The molecule has 0 aromatic heterocycles. The number of carbonyl (C=O) groups excluding carboxylic acids is 2. The van der Waals surface area contributed by atoms with E-state index in [0.717, 1.165) is 0 Å². The van der Waals surface area contributed by atoms with Crippen molar-refractivity contribution in [1.29, 1.82) is 0 Å². The van der Waals surface area contributed by atoms with Gasteiger partial charge in [0.25, 0.3) is 11.8 Å². The number of nitrogens with one attached hydrogen (secondary N) is 2. The van der Waals surface area contributed by atoms with Gasteiger partial charge in [0.15, 0.2) is 6.61 Å². The number of anilines is 1. The summed E-state index contributed by atoms with van der Waals surface area (Å²) in [6, 6.07) is 13.6. The number of carbonyl (C=O) groups is 2. The maximum Gasteiger partial charge on any atom is 0.262 e. The van der Waals surface area contributed by atoms with Crippen molar-refractivity contribution in [3.05, 3.63) is 54.1 Å². The summed E-state index contributed by atoms with van der Waals surface area (Å²) in [4.78, 5) is 24.0. The van der Waals surface area contributed by atoms with E-state index < -0.39 is 0 Å². The normalized spacial score (nSPS) is 10.1. The molecule has 0 bridgehead atoms. The Labute approximate surface area is 152 Å². The first-order valence-electron chi connectivity index (χ1n) is 8.06. The lowest BCUT2D eigenvalue weighted by Crippen LogP contribution is -2.27. The van der Waals surface area contributed by atoms with E-state index in [4.69, 9.17) is 14.2 Å². The van der Waals surface area contributed by atoms with Crippen molar-refractivity contribution in [1.82, 2.24) is 5.32 Å². The number of hydrogen-bond acceptors (Lipinski definition) is 5. The minimum absolute atomic E-state index is 0.142. The molecule has 2 amide bonds. The quantitative estimate of drug-likeness (QED) is 0.671. The van der Waals surface area contributed by atoms with Crippen molar-refractivity contribution in [2.75, 3.05) is 39.3 Å². The van der Waals surface area contributed by atoms with Crippen LogP contribution in [0.2, 0.25) is 0 Å². The van der Waals surface area contributed by atoms with Gasteiger partial charge in [-0.2, -0.15) is 0 Å². The third kappa shape index (κ3) is 6.10. The van der Waals surface area contributed by atoms with Crippen LogP contribution in [0.4, 0.5) is 5.69 Å². The van der Waals surface area contributed by atoms with Gasteiger partial charge in [-0.25, -0.2) is 0 Å². The Morgan fingerprint density at radius 3 is 2.42 bits per heavy atom. The number of benzene rings is 2. The lowest BCUT2D eigenvalue weighted by atomic mass is 10.2. The minimum atomic E-state index is -0.322. The van der Waals surface area contributed by atoms with E-state index >= 15 is 0 Å². The van der Waals surface area contributed by atoms with E-state index in [0.29, 0.717) is 35.9 Å². The predicted octanol–water partition coefficient (Wildman–Crippen LogP) is 2.09. The van der Waals surface area contributed by atoms with Crippen molar-refractivity contribution in [2.24, 2.45) is 0 Å². The van der Waals surface area contributed by atoms with Gasteiger partial charge in [-0.15, -0.1) is 0 Å². The Morgan fingerprint density at radius 2 is 1.73 bits per heavy atom. The van der Waals surface area contributed by atoms with E-state index in [9.17, 15) is 9.59 Å². The average Bonchev–Trinajstić information content (AvgIpc) is 2.67. The Hall–Kier alpha value is -3.06. The number of ether oxygens (including phenoxy) is 3. The molecule has 2 rings (SSSR count). The summed E-state index contributed by atoms with van der Waals surface area (Å²) in [6.07, 6.45) is 0. The highest BCUT2D eigenvalue weighted by atomic mass is 16.5. The van der Waals surface area contributed by atoms with E-state index in [1.807, 2.05) is 0 Å². The molecule has 2 aromatic rings. The summed E-state index contributed by atoms with van der Waals surface area (Å²) in [7, 11) is 3.14. The molecule has 0 aliphatic carbocycles. The van der Waals surface area contributed by atoms with Crippen molar-refractivity contribution >= 4 is 17.5 Å². The Kier molecular flexibility index (Phi) is 7.45. The van der Waals surface area contributed by atoms with Gasteiger partial charge in [0.1, 0.15) is 11.5 Å². The summed E-state index contributed by atoms with van der Waals surface area (Å²) in [6.45, 7) is 0.711. The van der Waals surface area contributed by atoms with Crippen LogP contribution in [0.3, 0.4) is 0 Å². The molecule has 26 heavy (non-hydrogen) atoms. The first-order valence-corrected chi connectivity index (χ1v) is 8.06. The van der Waals surface area contributed by atoms with Crippen LogP contribution in [-0.4, -0.2) is 45.8 Å². The largest absolute Gasteiger partial charge is 0.497 e. The fourth-order valence-electron chi connectivity index (χ4n) is 2.12. The highest BCUT2D eigenvalue weighted by Crippen LogP contribution is 2.17. The molecule has 0 fully saturated rings. The highest BCUT2D eigenvalue weighted by molar-refractivity contribution is 5.97. The third-order valence-electron chi connectivity index (χ3n) is 3.43. The highest BCUT2D eigenvalue weighted by Gasteiger charge is 2.08. The molecule has 0 saturated heterocycles. The van der Waals surface area contributed by atoms with Crippen LogP contribution >= 0.6 is 0 Å². The summed E-state index contributed by atoms with van der Waals surface area (Å²) in [5.74, 6) is 0.722. The van der Waals surface area contributed by atoms with Gasteiger partial charge in [-0.1, -0.05) is 6.07 Å². The third-order valence-corrected chi connectivity index (χ3v) is 3.43. The molecule has 138 valence electrons. The van der Waals surface area contributed by atoms with Gasteiger partial charge in [0.2, 0.25) is 0 Å². The second kappa shape index (κ2) is 10.0. The van der Waals surface area contributed by atoms with E-state index in [-0.39, 0.29) is 18.4 Å². The standard InChI is InChI=1S/C19H22N2O5/c1-24-11-10-20-19(23)14-4-3-5-15(12-14)21-18(22)13-26-17-8-6-16(25-2)7-9-17/h3-9,12H,10-11,13H2,1-2H3,(H,20,23)(H,21,22). The number of rotatable bonds is 9. The van der Waals surface area contributed by atoms with Crippen LogP contribution in [0.15, 0.2) is 48.5 Å². The van der Waals surface area contributed by atoms with Crippen LogP contribution in [-0.2, 0) is 9.53 Å². The van der Waals surface area contributed by atoms with Crippen molar-refractivity contribution in [3.8, 4) is 11.5 Å². The van der Waals surface area contributed by atoms with Crippen LogP contribution in [0.1, 0.15) is 10.4 Å². The van der Waals surface area contributed by atoms with Crippen LogP contribution < -0.4 is 20.1 Å². The zero-order valence-corrected chi connectivity index (χ0v) is 14.8. The first-order chi connectivity index (χ1) is 12.6. The van der Waals surface area contributed by atoms with E-state index in [2.05, 4.69) is 10.6 Å². The molecule has 0 saturated carbocycles. The lowest BCUT2D eigenvalue weighted by molar-refractivity contribution is -0.118. The monoisotopic (exact) mass is 358 g/mol. The Balaban J connectivity index is 1.86. The minimum Gasteiger partial charge on any atom is -0.497 e. The first kappa shape index (κ1) is 19.3. The second-order valence-electron chi connectivity index (χ2n) is 5.34. The molecule has 7 heteroatoms. The number of hydrogen-bond donors (Lipinski definition) is 2. The van der Waals surface area contributed by atoms with Crippen molar-refractivity contribution in [3.63, 3.8) is 0 Å². The van der Waals surface area contributed by atoms with Gasteiger partial charge in [0, 0.05) is 24.9 Å². The molecular formula is C19H22N2O5. The molecule has 0 heterocycles. The summed E-state index contributed by atoms with van der Waals surface area (Å²) in [5.41, 5.74) is 0.975. The van der Waals surface area contributed by atoms with Crippen molar-refractivity contribution in [2.45, 2.75) is 0 Å². The SMILES string of the molecule is COCCNC(=O)c1cccc(NC(=O)COc2ccc(OC)cc2)c1. The lowest BCUT2D eigenvalue weighted by Gasteiger charge is -2.09. The van der Waals surface area contributed by atoms with Gasteiger partial charge in [-0.05, 0) is 42.5 Å². The Bertz CT molecular complexity index is 731. The molecule has 0 aliphatic rings. The molecule has 0 unspecified atom stereocenters. The van der Waals surface area contributed by atoms with Crippen molar-refractivity contribution < 1.29 is 23.8 Å². The zero-order valence-electron chi connectivity index (χ0n) is 14.8. The van der Waals surface area contributed by atoms with Crippen LogP contribution in [0.25, 0.3) is 0 Å². The number of amides is 2. The predicted molar refractivity (Wildman–Crippen MR) is 97.8 cm³/mol. The van der Waals surface area contributed by atoms with E-state index in [1.165, 1.54) is 0 Å². The number of methoxy groups -OCH3 is 2.